The highest BCUT2D eigenvalue weighted by atomic mass is 32.2. The first-order valence-corrected chi connectivity index (χ1v) is 11.8. The highest BCUT2D eigenvalue weighted by Gasteiger charge is 2.24. The summed E-state index contributed by atoms with van der Waals surface area (Å²) in [5, 5.41) is 2.66. The Bertz CT molecular complexity index is 1140. The van der Waals surface area contributed by atoms with Gasteiger partial charge in [-0.1, -0.05) is 42.0 Å². The minimum atomic E-state index is -3.74. The van der Waals surface area contributed by atoms with E-state index in [-0.39, 0.29) is 17.3 Å². The molecule has 0 fully saturated rings. The summed E-state index contributed by atoms with van der Waals surface area (Å²) in [6.45, 7) is 4.01. The van der Waals surface area contributed by atoms with Crippen molar-refractivity contribution in [2.75, 3.05) is 19.0 Å². The lowest BCUT2D eigenvalue weighted by Crippen LogP contribution is -2.32. The minimum Gasteiger partial charge on any atom is -0.497 e. The van der Waals surface area contributed by atoms with Crippen molar-refractivity contribution in [1.29, 1.82) is 0 Å². The van der Waals surface area contributed by atoms with E-state index in [0.717, 1.165) is 22.4 Å². The van der Waals surface area contributed by atoms with E-state index >= 15 is 0 Å². The third-order valence-electron chi connectivity index (χ3n) is 5.10. The molecule has 0 aromatic heterocycles. The van der Waals surface area contributed by atoms with Gasteiger partial charge in [0, 0.05) is 25.7 Å². The van der Waals surface area contributed by atoms with E-state index in [0.29, 0.717) is 18.7 Å². The van der Waals surface area contributed by atoms with Gasteiger partial charge in [0.1, 0.15) is 5.75 Å². The number of methoxy groups -OCH3 is 1. The molecule has 3 rings (SSSR count). The molecular weight excluding hydrogens is 424 g/mol. The van der Waals surface area contributed by atoms with Crippen LogP contribution in [0.25, 0.3) is 0 Å². The Kier molecular flexibility index (Phi) is 7.66. The van der Waals surface area contributed by atoms with E-state index in [4.69, 9.17) is 4.74 Å². The predicted molar refractivity (Wildman–Crippen MR) is 126 cm³/mol. The average Bonchev–Trinajstić information content (AvgIpc) is 2.78. The monoisotopic (exact) mass is 452 g/mol. The number of nitrogens with one attached hydrogen (secondary N) is 1. The van der Waals surface area contributed by atoms with Gasteiger partial charge in [-0.15, -0.1) is 0 Å². The largest absolute Gasteiger partial charge is 0.497 e. The summed E-state index contributed by atoms with van der Waals surface area (Å²) in [4.78, 5) is 11.4. The van der Waals surface area contributed by atoms with E-state index in [9.17, 15) is 13.2 Å². The van der Waals surface area contributed by atoms with Gasteiger partial charge in [-0.05, 0) is 60.9 Å². The standard InChI is InChI=1S/C25H28N2O4S/c1-19-4-6-22(7-5-19)18-27(17-16-21-8-12-24(31-3)13-9-21)32(29,30)25-14-10-23(11-15-25)26-20(2)28/h4-15H,16-18H2,1-3H3,(H,26,28). The lowest BCUT2D eigenvalue weighted by atomic mass is 10.1. The van der Waals surface area contributed by atoms with Crippen molar-refractivity contribution >= 4 is 21.6 Å². The number of carbonyl (C=O) groups is 1. The van der Waals surface area contributed by atoms with Crippen LogP contribution >= 0.6 is 0 Å². The number of benzene rings is 3. The number of hydrogen-bond acceptors (Lipinski definition) is 4. The number of nitrogens with zero attached hydrogens (tertiary/aromatic N) is 1. The van der Waals surface area contributed by atoms with E-state index in [1.807, 2.05) is 55.5 Å². The van der Waals surface area contributed by atoms with Crippen molar-refractivity contribution in [1.82, 2.24) is 4.31 Å². The van der Waals surface area contributed by atoms with Crippen LogP contribution in [0.15, 0.2) is 77.7 Å². The van der Waals surface area contributed by atoms with Crippen LogP contribution in [0.3, 0.4) is 0 Å². The fourth-order valence-corrected chi connectivity index (χ4v) is 4.72. The zero-order valence-electron chi connectivity index (χ0n) is 18.5. The lowest BCUT2D eigenvalue weighted by molar-refractivity contribution is -0.114. The molecule has 0 unspecified atom stereocenters. The van der Waals surface area contributed by atoms with Crippen molar-refractivity contribution in [3.8, 4) is 5.75 Å². The first-order valence-electron chi connectivity index (χ1n) is 10.3. The average molecular weight is 453 g/mol. The number of rotatable bonds is 9. The summed E-state index contributed by atoms with van der Waals surface area (Å²) >= 11 is 0. The number of sulfonamides is 1. The molecule has 3 aromatic rings. The molecule has 0 heterocycles. The number of ether oxygens (including phenoxy) is 1. The van der Waals surface area contributed by atoms with Gasteiger partial charge in [0.15, 0.2) is 0 Å². The molecule has 168 valence electrons. The number of anilines is 1. The molecule has 0 aliphatic rings. The summed E-state index contributed by atoms with van der Waals surface area (Å²) < 4.78 is 33.6. The maximum Gasteiger partial charge on any atom is 0.243 e. The number of aryl methyl sites for hydroxylation is 1. The van der Waals surface area contributed by atoms with Gasteiger partial charge < -0.3 is 10.1 Å². The Morgan fingerprint density at radius 3 is 2.06 bits per heavy atom. The quantitative estimate of drug-likeness (QED) is 0.522. The third-order valence-corrected chi connectivity index (χ3v) is 6.96. The Hall–Kier alpha value is -3.16. The van der Waals surface area contributed by atoms with Crippen molar-refractivity contribution in [2.24, 2.45) is 0 Å². The van der Waals surface area contributed by atoms with E-state index in [1.165, 1.54) is 23.4 Å². The van der Waals surface area contributed by atoms with Crippen molar-refractivity contribution in [2.45, 2.75) is 31.7 Å². The molecule has 6 nitrogen and oxygen atoms in total. The molecule has 0 spiro atoms. The first-order chi connectivity index (χ1) is 15.3. The molecule has 1 N–H and O–H groups in total. The SMILES string of the molecule is COc1ccc(CCN(Cc2ccc(C)cc2)S(=O)(=O)c2ccc(NC(C)=O)cc2)cc1. The molecule has 0 aliphatic heterocycles. The lowest BCUT2D eigenvalue weighted by Gasteiger charge is -2.23. The minimum absolute atomic E-state index is 0.188. The first kappa shape index (κ1) is 23.5. The molecule has 0 saturated heterocycles. The molecule has 0 bridgehead atoms. The van der Waals surface area contributed by atoms with Crippen LogP contribution in [-0.2, 0) is 27.8 Å². The van der Waals surface area contributed by atoms with Crippen LogP contribution < -0.4 is 10.1 Å². The number of hydrogen-bond donors (Lipinski definition) is 1. The van der Waals surface area contributed by atoms with E-state index in [2.05, 4.69) is 5.32 Å². The van der Waals surface area contributed by atoms with Crippen molar-refractivity contribution in [3.05, 3.63) is 89.5 Å². The smallest absolute Gasteiger partial charge is 0.243 e. The van der Waals surface area contributed by atoms with E-state index < -0.39 is 10.0 Å². The summed E-state index contributed by atoms with van der Waals surface area (Å²) in [5.74, 6) is 0.554. The van der Waals surface area contributed by atoms with Gasteiger partial charge in [0.2, 0.25) is 15.9 Å². The summed E-state index contributed by atoms with van der Waals surface area (Å²) in [7, 11) is -2.13. The summed E-state index contributed by atoms with van der Waals surface area (Å²) in [6, 6.07) is 21.7. The van der Waals surface area contributed by atoms with Gasteiger partial charge in [-0.2, -0.15) is 4.31 Å². The van der Waals surface area contributed by atoms with Crippen LogP contribution in [-0.4, -0.2) is 32.3 Å². The van der Waals surface area contributed by atoms with Gasteiger partial charge in [-0.3, -0.25) is 4.79 Å². The van der Waals surface area contributed by atoms with Crippen LogP contribution in [0.1, 0.15) is 23.6 Å². The Labute approximate surface area is 189 Å². The van der Waals surface area contributed by atoms with Gasteiger partial charge in [0.05, 0.1) is 12.0 Å². The fraction of sp³-hybridized carbons (Fsp3) is 0.240. The van der Waals surface area contributed by atoms with Gasteiger partial charge >= 0.3 is 0 Å². The van der Waals surface area contributed by atoms with Crippen LogP contribution in [0.4, 0.5) is 5.69 Å². The van der Waals surface area contributed by atoms with Crippen molar-refractivity contribution in [3.63, 3.8) is 0 Å². The van der Waals surface area contributed by atoms with E-state index in [1.54, 1.807) is 19.2 Å². The zero-order valence-corrected chi connectivity index (χ0v) is 19.4. The summed E-state index contributed by atoms with van der Waals surface area (Å²) in [6.07, 6.45) is 0.569. The normalized spacial score (nSPS) is 11.4. The molecule has 7 heteroatoms. The maximum absolute atomic E-state index is 13.5. The van der Waals surface area contributed by atoms with Crippen LogP contribution in [0.5, 0.6) is 5.75 Å². The second-order valence-electron chi connectivity index (χ2n) is 7.63. The molecule has 32 heavy (non-hydrogen) atoms. The highest BCUT2D eigenvalue weighted by Crippen LogP contribution is 2.22. The van der Waals surface area contributed by atoms with Crippen molar-refractivity contribution < 1.29 is 17.9 Å². The molecule has 0 saturated carbocycles. The molecule has 1 amide bonds. The zero-order chi connectivity index (χ0) is 23.1. The Balaban J connectivity index is 1.85. The topological polar surface area (TPSA) is 75.7 Å². The van der Waals surface area contributed by atoms with Gasteiger partial charge in [0.25, 0.3) is 0 Å². The predicted octanol–water partition coefficient (Wildman–Crippen LogP) is 4.40. The molecular formula is C25H28N2O4S. The second-order valence-corrected chi connectivity index (χ2v) is 9.57. The molecule has 3 aromatic carbocycles. The molecule has 0 atom stereocenters. The second kappa shape index (κ2) is 10.4. The van der Waals surface area contributed by atoms with Crippen LogP contribution in [0.2, 0.25) is 0 Å². The number of amides is 1. The van der Waals surface area contributed by atoms with Crippen LogP contribution in [0, 0.1) is 6.92 Å². The Morgan fingerprint density at radius 2 is 1.50 bits per heavy atom. The maximum atomic E-state index is 13.5. The fourth-order valence-electron chi connectivity index (χ4n) is 3.29. The van der Waals surface area contributed by atoms with Gasteiger partial charge in [-0.25, -0.2) is 8.42 Å². The molecule has 0 radical (unpaired) electrons. The Morgan fingerprint density at radius 1 is 0.906 bits per heavy atom. The summed E-state index contributed by atoms with van der Waals surface area (Å²) in [5.41, 5.74) is 3.62. The highest BCUT2D eigenvalue weighted by molar-refractivity contribution is 7.89. The number of carbonyl (C=O) groups excluding carboxylic acids is 1. The third kappa shape index (κ3) is 6.18. The molecule has 0 aliphatic carbocycles.